The van der Waals surface area contributed by atoms with Crippen molar-refractivity contribution in [3.05, 3.63) is 63.6 Å². The monoisotopic (exact) mass is 595 g/mol. The molecule has 1 unspecified atom stereocenters. The molecule has 0 bridgehead atoms. The summed E-state index contributed by atoms with van der Waals surface area (Å²) in [5.41, 5.74) is 1.15. The van der Waals surface area contributed by atoms with Gasteiger partial charge in [0.15, 0.2) is 5.78 Å². The summed E-state index contributed by atoms with van der Waals surface area (Å²) in [6.07, 6.45) is 6.31. The van der Waals surface area contributed by atoms with Gasteiger partial charge in [-0.3, -0.25) is 18.7 Å². The highest BCUT2D eigenvalue weighted by molar-refractivity contribution is 7.92. The van der Waals surface area contributed by atoms with Gasteiger partial charge in [-0.1, -0.05) is 67.6 Å². The van der Waals surface area contributed by atoms with E-state index in [2.05, 4.69) is 5.32 Å². The van der Waals surface area contributed by atoms with Crippen LogP contribution in [0.1, 0.15) is 68.3 Å². The summed E-state index contributed by atoms with van der Waals surface area (Å²) in [7, 11) is -3.91. The number of ketones is 1. The second-order valence-corrected chi connectivity index (χ2v) is 12.6. The first kappa shape index (κ1) is 30.9. The highest BCUT2D eigenvalue weighted by atomic mass is 35.5. The molecule has 0 aliphatic heterocycles. The van der Waals surface area contributed by atoms with Crippen molar-refractivity contribution in [2.24, 2.45) is 0 Å². The molecule has 2 aromatic carbocycles. The Kier molecular flexibility index (Phi) is 10.8. The first-order valence-corrected chi connectivity index (χ1v) is 15.6. The molecule has 39 heavy (non-hydrogen) atoms. The van der Waals surface area contributed by atoms with E-state index in [9.17, 15) is 22.8 Å². The maximum Gasteiger partial charge on any atom is 0.244 e. The van der Waals surface area contributed by atoms with Crippen LogP contribution in [-0.4, -0.2) is 55.8 Å². The Morgan fingerprint density at radius 3 is 2.31 bits per heavy atom. The molecule has 0 spiro atoms. The number of Topliss-reactive ketones (excluding diaryl/α,β-unsaturated/α-hetero) is 1. The molecule has 0 radical (unpaired) electrons. The minimum absolute atomic E-state index is 0.0252. The minimum Gasteiger partial charge on any atom is -0.352 e. The number of rotatable bonds is 11. The number of benzene rings is 2. The van der Waals surface area contributed by atoms with E-state index < -0.39 is 28.5 Å². The van der Waals surface area contributed by atoms with Crippen LogP contribution < -0.4 is 9.62 Å². The average molecular weight is 597 g/mol. The van der Waals surface area contributed by atoms with Gasteiger partial charge in [-0.25, -0.2) is 8.42 Å². The van der Waals surface area contributed by atoms with Crippen molar-refractivity contribution in [1.82, 2.24) is 10.2 Å². The number of nitrogens with zero attached hydrogens (tertiary/aromatic N) is 2. The topological polar surface area (TPSA) is 104 Å². The number of nitrogens with one attached hydrogen (secondary N) is 1. The van der Waals surface area contributed by atoms with E-state index in [-0.39, 0.29) is 30.0 Å². The van der Waals surface area contributed by atoms with Gasteiger partial charge in [0.2, 0.25) is 21.8 Å². The van der Waals surface area contributed by atoms with E-state index in [0.29, 0.717) is 27.6 Å². The third-order valence-corrected chi connectivity index (χ3v) is 8.77. The van der Waals surface area contributed by atoms with Crippen LogP contribution in [0.25, 0.3) is 0 Å². The van der Waals surface area contributed by atoms with Crippen molar-refractivity contribution in [2.75, 3.05) is 17.1 Å². The number of hydrogen-bond donors (Lipinski definition) is 1. The number of sulfonamides is 1. The second-order valence-electron chi connectivity index (χ2n) is 9.91. The van der Waals surface area contributed by atoms with E-state index in [4.69, 9.17) is 23.2 Å². The molecule has 1 fully saturated rings. The maximum atomic E-state index is 13.9. The van der Waals surface area contributed by atoms with E-state index in [1.807, 2.05) is 6.92 Å². The molecular weight excluding hydrogens is 561 g/mol. The number of carbonyl (C=O) groups is 3. The Morgan fingerprint density at radius 2 is 1.72 bits per heavy atom. The molecule has 212 valence electrons. The van der Waals surface area contributed by atoms with Crippen LogP contribution in [0, 0.1) is 0 Å². The molecule has 1 aliphatic carbocycles. The molecule has 1 aliphatic rings. The van der Waals surface area contributed by atoms with Gasteiger partial charge < -0.3 is 10.2 Å². The Bertz CT molecular complexity index is 1310. The van der Waals surface area contributed by atoms with Gasteiger partial charge in [-0.05, 0) is 56.0 Å². The summed E-state index contributed by atoms with van der Waals surface area (Å²) in [6.45, 7) is 2.67. The molecule has 1 N–H and O–H groups in total. The SMILES string of the molecule is CCC(C(=O)NC1CCCCC1)N(Cc1ccc(Cl)c(Cl)c1)C(=O)CN(c1cccc(C(C)=O)c1)S(C)(=O)=O. The second kappa shape index (κ2) is 13.6. The molecular formula is C28H35Cl2N3O5S. The summed E-state index contributed by atoms with van der Waals surface area (Å²) >= 11 is 12.3. The van der Waals surface area contributed by atoms with Crippen molar-refractivity contribution in [1.29, 1.82) is 0 Å². The van der Waals surface area contributed by atoms with Crippen LogP contribution in [0.5, 0.6) is 0 Å². The number of carbonyl (C=O) groups excluding carboxylic acids is 3. The van der Waals surface area contributed by atoms with Crippen LogP contribution in [0.2, 0.25) is 10.0 Å². The van der Waals surface area contributed by atoms with Crippen LogP contribution in [0.4, 0.5) is 5.69 Å². The zero-order chi connectivity index (χ0) is 28.7. The predicted octanol–water partition coefficient (Wildman–Crippen LogP) is 5.22. The van der Waals surface area contributed by atoms with E-state index in [1.54, 1.807) is 30.3 Å². The highest BCUT2D eigenvalue weighted by Gasteiger charge is 2.33. The number of hydrogen-bond acceptors (Lipinski definition) is 5. The predicted molar refractivity (Wildman–Crippen MR) is 155 cm³/mol. The molecule has 0 heterocycles. The zero-order valence-electron chi connectivity index (χ0n) is 22.5. The van der Waals surface area contributed by atoms with Gasteiger partial charge in [0.25, 0.3) is 0 Å². The van der Waals surface area contributed by atoms with Gasteiger partial charge in [0.05, 0.1) is 22.0 Å². The molecule has 1 atom stereocenters. The quantitative estimate of drug-likeness (QED) is 0.359. The van der Waals surface area contributed by atoms with Crippen molar-refractivity contribution >= 4 is 56.5 Å². The highest BCUT2D eigenvalue weighted by Crippen LogP contribution is 2.26. The van der Waals surface area contributed by atoms with Gasteiger partial charge in [-0.2, -0.15) is 0 Å². The van der Waals surface area contributed by atoms with Gasteiger partial charge in [0.1, 0.15) is 12.6 Å². The lowest BCUT2D eigenvalue weighted by atomic mass is 9.95. The minimum atomic E-state index is -3.91. The smallest absolute Gasteiger partial charge is 0.244 e. The Morgan fingerprint density at radius 1 is 1.03 bits per heavy atom. The van der Waals surface area contributed by atoms with Crippen LogP contribution in [0.15, 0.2) is 42.5 Å². The first-order valence-electron chi connectivity index (χ1n) is 13.0. The molecule has 0 saturated heterocycles. The summed E-state index contributed by atoms with van der Waals surface area (Å²) in [4.78, 5) is 40.6. The zero-order valence-corrected chi connectivity index (χ0v) is 24.8. The first-order chi connectivity index (χ1) is 18.4. The fraction of sp³-hybridized carbons (Fsp3) is 0.464. The van der Waals surface area contributed by atoms with Crippen LogP contribution in [0.3, 0.4) is 0 Å². The number of anilines is 1. The normalized spacial score (nSPS) is 14.9. The number of amides is 2. The molecule has 8 nitrogen and oxygen atoms in total. The lowest BCUT2D eigenvalue weighted by Crippen LogP contribution is -2.53. The fourth-order valence-electron chi connectivity index (χ4n) is 4.79. The van der Waals surface area contributed by atoms with Crippen LogP contribution >= 0.6 is 23.2 Å². The molecule has 2 amide bonds. The largest absolute Gasteiger partial charge is 0.352 e. The van der Waals surface area contributed by atoms with E-state index in [1.165, 1.54) is 24.0 Å². The summed E-state index contributed by atoms with van der Waals surface area (Å²) in [5.74, 6) is -1.07. The van der Waals surface area contributed by atoms with Gasteiger partial charge in [-0.15, -0.1) is 0 Å². The maximum absolute atomic E-state index is 13.9. The van der Waals surface area contributed by atoms with Gasteiger partial charge in [0, 0.05) is 18.2 Å². The Hall–Kier alpha value is -2.62. The molecule has 1 saturated carbocycles. The van der Waals surface area contributed by atoms with Crippen molar-refractivity contribution in [3.63, 3.8) is 0 Å². The standard InChI is InChI=1S/C28H35Cl2N3O5S/c1-4-26(28(36)31-22-10-6-5-7-11-22)32(17-20-13-14-24(29)25(30)15-20)27(35)18-33(39(3,37)38)23-12-8-9-21(16-23)19(2)34/h8-9,12-16,22,26H,4-7,10-11,17-18H2,1-3H3,(H,31,36). The van der Waals surface area contributed by atoms with Crippen molar-refractivity contribution in [3.8, 4) is 0 Å². The third kappa shape index (κ3) is 8.43. The average Bonchev–Trinajstić information content (AvgIpc) is 2.89. The molecule has 2 aromatic rings. The van der Waals surface area contributed by atoms with E-state index in [0.717, 1.165) is 42.7 Å². The molecule has 3 rings (SSSR count). The Labute approximate surface area is 240 Å². The summed E-state index contributed by atoms with van der Waals surface area (Å²) in [6, 6.07) is 10.3. The molecule has 11 heteroatoms. The summed E-state index contributed by atoms with van der Waals surface area (Å²) in [5, 5.41) is 3.76. The van der Waals surface area contributed by atoms with Gasteiger partial charge >= 0.3 is 0 Å². The van der Waals surface area contributed by atoms with E-state index >= 15 is 0 Å². The summed E-state index contributed by atoms with van der Waals surface area (Å²) < 4.78 is 26.6. The van der Waals surface area contributed by atoms with Crippen molar-refractivity contribution < 1.29 is 22.8 Å². The fourth-order valence-corrected chi connectivity index (χ4v) is 5.95. The Balaban J connectivity index is 1.96. The van der Waals surface area contributed by atoms with Crippen molar-refractivity contribution in [2.45, 2.75) is 71.0 Å². The van der Waals surface area contributed by atoms with Crippen LogP contribution in [-0.2, 0) is 26.2 Å². The molecule has 0 aromatic heterocycles. The lowest BCUT2D eigenvalue weighted by Gasteiger charge is -2.34. The lowest BCUT2D eigenvalue weighted by molar-refractivity contribution is -0.140. The third-order valence-electron chi connectivity index (χ3n) is 6.89. The number of halogens is 2.